The average Bonchev–Trinajstić information content (AvgIpc) is 2.72. The maximum Gasteiger partial charge on any atom is 0.241 e. The van der Waals surface area contributed by atoms with Crippen molar-refractivity contribution < 1.29 is 18.0 Å². The molecule has 1 aliphatic carbocycles. The van der Waals surface area contributed by atoms with E-state index in [1.165, 1.54) is 18.2 Å². The van der Waals surface area contributed by atoms with Gasteiger partial charge in [-0.15, -0.1) is 0 Å². The van der Waals surface area contributed by atoms with Crippen molar-refractivity contribution in [2.75, 3.05) is 0 Å². The molecule has 1 aliphatic rings. The van der Waals surface area contributed by atoms with Crippen molar-refractivity contribution in [3.63, 3.8) is 0 Å². The summed E-state index contributed by atoms with van der Waals surface area (Å²) in [6.45, 7) is 1.75. The molecule has 3 aromatic carbocycles. The zero-order chi connectivity index (χ0) is 19.9. The predicted molar refractivity (Wildman–Crippen MR) is 105 cm³/mol. The van der Waals surface area contributed by atoms with Gasteiger partial charge in [-0.1, -0.05) is 54.6 Å². The fraction of sp³-hybridized carbons (Fsp3) is 0.0909. The maximum atomic E-state index is 12.8. The van der Waals surface area contributed by atoms with Crippen LogP contribution in [0.1, 0.15) is 50.4 Å². The van der Waals surface area contributed by atoms with Crippen molar-refractivity contribution in [3.05, 3.63) is 101 Å². The van der Waals surface area contributed by atoms with Gasteiger partial charge in [-0.25, -0.2) is 13.1 Å². The van der Waals surface area contributed by atoms with Crippen LogP contribution < -0.4 is 4.72 Å². The lowest BCUT2D eigenvalue weighted by atomic mass is 9.84. The van der Waals surface area contributed by atoms with Gasteiger partial charge in [0.25, 0.3) is 0 Å². The van der Waals surface area contributed by atoms with Crippen LogP contribution in [0.4, 0.5) is 0 Å². The van der Waals surface area contributed by atoms with Gasteiger partial charge in [-0.05, 0) is 30.7 Å². The number of sulfonamides is 1. The number of benzene rings is 3. The number of nitrogens with one attached hydrogen (secondary N) is 1. The van der Waals surface area contributed by atoms with E-state index in [9.17, 15) is 18.0 Å². The van der Waals surface area contributed by atoms with Gasteiger partial charge in [0, 0.05) is 28.3 Å². The Labute approximate surface area is 163 Å². The first-order valence-corrected chi connectivity index (χ1v) is 10.3. The van der Waals surface area contributed by atoms with Gasteiger partial charge in [0.15, 0.2) is 11.6 Å². The van der Waals surface area contributed by atoms with Gasteiger partial charge >= 0.3 is 0 Å². The Hall–Kier alpha value is -3.09. The monoisotopic (exact) mass is 391 g/mol. The minimum atomic E-state index is -3.87. The second kappa shape index (κ2) is 6.82. The molecule has 0 fully saturated rings. The molecule has 1 unspecified atom stereocenters. The molecular formula is C22H17NO4S. The van der Waals surface area contributed by atoms with Gasteiger partial charge in [-0.2, -0.15) is 0 Å². The molecule has 0 spiro atoms. The first-order chi connectivity index (χ1) is 13.4. The van der Waals surface area contributed by atoms with E-state index in [0.717, 1.165) is 5.56 Å². The topological polar surface area (TPSA) is 80.3 Å². The fourth-order valence-corrected chi connectivity index (χ4v) is 4.61. The standard InChI is InChI=1S/C22H17NO4S/c1-14(15-7-3-2-4-8-15)23-28(26,27)16-11-12-19-20(13-16)22(25)18-10-6-5-9-17(18)21(19)24/h2-14,23H,1H3. The summed E-state index contributed by atoms with van der Waals surface area (Å²) in [5.74, 6) is -0.627. The van der Waals surface area contributed by atoms with E-state index in [2.05, 4.69) is 4.72 Å². The van der Waals surface area contributed by atoms with Crippen molar-refractivity contribution in [1.82, 2.24) is 4.72 Å². The second-order valence-corrected chi connectivity index (χ2v) is 8.38. The Bertz CT molecular complexity index is 1200. The van der Waals surface area contributed by atoms with Gasteiger partial charge < -0.3 is 0 Å². The number of ketones is 2. The first-order valence-electron chi connectivity index (χ1n) is 8.78. The SMILES string of the molecule is CC(NS(=O)(=O)c1ccc2c(c1)C(=O)c1ccccc1C2=O)c1ccccc1. The molecule has 140 valence electrons. The summed E-state index contributed by atoms with van der Waals surface area (Å²) < 4.78 is 28.3. The molecule has 3 aromatic rings. The van der Waals surface area contributed by atoms with Gasteiger partial charge in [0.2, 0.25) is 10.0 Å². The molecule has 0 aliphatic heterocycles. The quantitative estimate of drug-likeness (QED) is 0.577. The van der Waals surface area contributed by atoms with E-state index >= 15 is 0 Å². The largest absolute Gasteiger partial charge is 0.289 e. The van der Waals surface area contributed by atoms with E-state index in [0.29, 0.717) is 11.1 Å². The van der Waals surface area contributed by atoms with E-state index < -0.39 is 16.1 Å². The van der Waals surface area contributed by atoms with Crippen molar-refractivity contribution in [2.24, 2.45) is 0 Å². The third kappa shape index (κ3) is 3.06. The molecule has 5 nitrogen and oxygen atoms in total. The van der Waals surface area contributed by atoms with Crippen LogP contribution >= 0.6 is 0 Å². The van der Waals surface area contributed by atoms with Crippen LogP contribution in [0.2, 0.25) is 0 Å². The highest BCUT2D eigenvalue weighted by atomic mass is 32.2. The maximum absolute atomic E-state index is 12.8. The number of carbonyl (C=O) groups is 2. The molecule has 0 radical (unpaired) electrons. The average molecular weight is 391 g/mol. The van der Waals surface area contributed by atoms with Crippen LogP contribution in [-0.2, 0) is 10.0 Å². The Morgan fingerprint density at radius 1 is 0.714 bits per heavy atom. The zero-order valence-corrected chi connectivity index (χ0v) is 15.9. The summed E-state index contributed by atoms with van der Waals surface area (Å²) in [5.41, 5.74) is 1.79. The molecule has 4 rings (SSSR count). The van der Waals surface area contributed by atoms with E-state index in [4.69, 9.17) is 0 Å². The Kier molecular flexibility index (Phi) is 4.45. The van der Waals surface area contributed by atoms with Crippen LogP contribution in [0.3, 0.4) is 0 Å². The first kappa shape index (κ1) is 18.3. The normalized spacial score (nSPS) is 14.3. The van der Waals surface area contributed by atoms with E-state index in [1.807, 2.05) is 30.3 Å². The van der Waals surface area contributed by atoms with E-state index in [1.54, 1.807) is 31.2 Å². The predicted octanol–water partition coefficient (Wildman–Crippen LogP) is 3.50. The minimum absolute atomic E-state index is 0.0467. The number of carbonyl (C=O) groups excluding carboxylic acids is 2. The molecule has 0 heterocycles. The second-order valence-electron chi connectivity index (χ2n) is 6.66. The number of hydrogen-bond acceptors (Lipinski definition) is 4. The molecule has 0 saturated carbocycles. The minimum Gasteiger partial charge on any atom is -0.289 e. The third-order valence-corrected chi connectivity index (χ3v) is 6.38. The lowest BCUT2D eigenvalue weighted by Gasteiger charge is -2.19. The summed E-state index contributed by atoms with van der Waals surface area (Å²) in [6.07, 6.45) is 0. The summed E-state index contributed by atoms with van der Waals surface area (Å²) in [4.78, 5) is 25.4. The summed E-state index contributed by atoms with van der Waals surface area (Å²) in [5, 5.41) is 0. The van der Waals surface area contributed by atoms with Gasteiger partial charge in [-0.3, -0.25) is 9.59 Å². The van der Waals surface area contributed by atoms with E-state index in [-0.39, 0.29) is 27.6 Å². The lowest BCUT2D eigenvalue weighted by molar-refractivity contribution is 0.0979. The van der Waals surface area contributed by atoms with Crippen molar-refractivity contribution in [3.8, 4) is 0 Å². The molecule has 1 N–H and O–H groups in total. The Balaban J connectivity index is 1.71. The van der Waals surface area contributed by atoms with Crippen LogP contribution in [0.5, 0.6) is 0 Å². The zero-order valence-electron chi connectivity index (χ0n) is 15.0. The Morgan fingerprint density at radius 3 is 1.89 bits per heavy atom. The summed E-state index contributed by atoms with van der Waals surface area (Å²) in [6, 6.07) is 19.4. The molecule has 28 heavy (non-hydrogen) atoms. The van der Waals surface area contributed by atoms with Gasteiger partial charge in [0.1, 0.15) is 0 Å². The molecule has 0 saturated heterocycles. The van der Waals surface area contributed by atoms with Crippen molar-refractivity contribution in [1.29, 1.82) is 0 Å². The molecule has 6 heteroatoms. The number of hydrogen-bond donors (Lipinski definition) is 1. The van der Waals surface area contributed by atoms with Gasteiger partial charge in [0.05, 0.1) is 4.90 Å². The lowest BCUT2D eigenvalue weighted by Crippen LogP contribution is -2.28. The van der Waals surface area contributed by atoms with Crippen molar-refractivity contribution >= 4 is 21.6 Å². The molecule has 0 bridgehead atoms. The Morgan fingerprint density at radius 2 is 1.25 bits per heavy atom. The summed E-state index contributed by atoms with van der Waals surface area (Å²) in [7, 11) is -3.87. The number of rotatable bonds is 4. The summed E-state index contributed by atoms with van der Waals surface area (Å²) >= 11 is 0. The van der Waals surface area contributed by atoms with Crippen LogP contribution in [0.15, 0.2) is 77.7 Å². The van der Waals surface area contributed by atoms with Crippen molar-refractivity contribution in [2.45, 2.75) is 17.9 Å². The molecule has 0 aromatic heterocycles. The van der Waals surface area contributed by atoms with Crippen LogP contribution in [0, 0.1) is 0 Å². The highest BCUT2D eigenvalue weighted by Crippen LogP contribution is 2.29. The highest BCUT2D eigenvalue weighted by molar-refractivity contribution is 7.89. The third-order valence-electron chi connectivity index (χ3n) is 4.84. The van der Waals surface area contributed by atoms with Crippen LogP contribution in [-0.4, -0.2) is 20.0 Å². The fourth-order valence-electron chi connectivity index (χ4n) is 3.36. The van der Waals surface area contributed by atoms with Crippen LogP contribution in [0.25, 0.3) is 0 Å². The number of fused-ring (bicyclic) bond motifs is 2. The highest BCUT2D eigenvalue weighted by Gasteiger charge is 2.31. The smallest absolute Gasteiger partial charge is 0.241 e. The molecular weight excluding hydrogens is 374 g/mol. The molecule has 1 atom stereocenters. The molecule has 0 amide bonds.